The molecule has 0 saturated carbocycles. The molecular formula is C10H7ClINO2. The van der Waals surface area contributed by atoms with Gasteiger partial charge in [0.15, 0.2) is 0 Å². The van der Waals surface area contributed by atoms with E-state index < -0.39 is 5.97 Å². The van der Waals surface area contributed by atoms with Gasteiger partial charge in [-0.3, -0.25) is 0 Å². The monoisotopic (exact) mass is 335 g/mol. The van der Waals surface area contributed by atoms with Crippen LogP contribution >= 0.6 is 34.2 Å². The van der Waals surface area contributed by atoms with Crippen LogP contribution in [0.4, 0.5) is 0 Å². The lowest BCUT2D eigenvalue weighted by molar-refractivity contribution is 0.0525. The molecule has 0 fully saturated rings. The number of hydrogen-bond acceptors (Lipinski definition) is 3. The molecule has 0 amide bonds. The van der Waals surface area contributed by atoms with E-state index in [1.165, 1.54) is 6.07 Å². The first-order chi connectivity index (χ1) is 7.11. The van der Waals surface area contributed by atoms with Crippen LogP contribution in [0.5, 0.6) is 0 Å². The van der Waals surface area contributed by atoms with Crippen molar-refractivity contribution in [3.05, 3.63) is 31.9 Å². The largest absolute Gasteiger partial charge is 0.462 e. The van der Waals surface area contributed by atoms with E-state index in [2.05, 4.69) is 0 Å². The molecule has 1 aromatic rings. The molecule has 0 saturated heterocycles. The first kappa shape index (κ1) is 12.3. The third-order valence-corrected chi connectivity index (χ3v) is 3.45. The Morgan fingerprint density at radius 3 is 2.87 bits per heavy atom. The maximum absolute atomic E-state index is 11.6. The molecule has 1 aromatic carbocycles. The molecule has 0 spiro atoms. The SMILES string of the molecule is CCOC(=O)c1c(C#N)ccc(Cl)c1I. The van der Waals surface area contributed by atoms with E-state index in [0.29, 0.717) is 8.59 Å². The summed E-state index contributed by atoms with van der Waals surface area (Å²) >= 11 is 7.79. The first-order valence-corrected chi connectivity index (χ1v) is 5.62. The number of benzene rings is 1. The van der Waals surface area contributed by atoms with Gasteiger partial charge in [0.05, 0.1) is 22.8 Å². The summed E-state index contributed by atoms with van der Waals surface area (Å²) in [6.07, 6.45) is 0. The number of rotatable bonds is 2. The van der Waals surface area contributed by atoms with E-state index in [1.54, 1.807) is 13.0 Å². The quantitative estimate of drug-likeness (QED) is 0.617. The van der Waals surface area contributed by atoms with E-state index in [9.17, 15) is 4.79 Å². The van der Waals surface area contributed by atoms with Crippen LogP contribution in [-0.4, -0.2) is 12.6 Å². The average Bonchev–Trinajstić information content (AvgIpc) is 2.22. The zero-order valence-corrected chi connectivity index (χ0v) is 10.8. The standard InChI is InChI=1S/C10H7ClINO2/c1-2-15-10(14)8-6(5-13)3-4-7(11)9(8)12/h3-4H,2H2,1H3. The van der Waals surface area contributed by atoms with Crippen molar-refractivity contribution >= 4 is 40.2 Å². The summed E-state index contributed by atoms with van der Waals surface area (Å²) in [7, 11) is 0. The molecule has 0 radical (unpaired) electrons. The number of ether oxygens (including phenoxy) is 1. The summed E-state index contributed by atoms with van der Waals surface area (Å²) in [5.41, 5.74) is 0.523. The number of carbonyl (C=O) groups excluding carboxylic acids is 1. The molecule has 1 rings (SSSR count). The molecule has 0 bridgehead atoms. The zero-order chi connectivity index (χ0) is 11.4. The van der Waals surface area contributed by atoms with Gasteiger partial charge >= 0.3 is 5.97 Å². The highest BCUT2D eigenvalue weighted by Gasteiger charge is 2.18. The lowest BCUT2D eigenvalue weighted by Gasteiger charge is -2.07. The Balaban J connectivity index is 3.31. The van der Waals surface area contributed by atoms with Crippen LogP contribution in [0.15, 0.2) is 12.1 Å². The molecule has 5 heteroatoms. The summed E-state index contributed by atoms with van der Waals surface area (Å²) in [6.45, 7) is 1.98. The predicted molar refractivity (Wildman–Crippen MR) is 64.8 cm³/mol. The van der Waals surface area contributed by atoms with Crippen LogP contribution in [-0.2, 0) is 4.74 Å². The highest BCUT2D eigenvalue weighted by Crippen LogP contribution is 2.25. The predicted octanol–water partition coefficient (Wildman–Crippen LogP) is 2.99. The molecule has 0 N–H and O–H groups in total. The van der Waals surface area contributed by atoms with Gasteiger partial charge in [0, 0.05) is 3.57 Å². The van der Waals surface area contributed by atoms with E-state index >= 15 is 0 Å². The molecule has 0 heterocycles. The van der Waals surface area contributed by atoms with Gasteiger partial charge in [-0.25, -0.2) is 4.79 Å². The molecule has 15 heavy (non-hydrogen) atoms. The van der Waals surface area contributed by atoms with Crippen molar-refractivity contribution in [3.63, 3.8) is 0 Å². The Morgan fingerprint density at radius 2 is 2.33 bits per heavy atom. The second kappa shape index (κ2) is 5.33. The summed E-state index contributed by atoms with van der Waals surface area (Å²) in [4.78, 5) is 11.6. The fraction of sp³-hybridized carbons (Fsp3) is 0.200. The molecule has 0 aliphatic rings. The summed E-state index contributed by atoms with van der Waals surface area (Å²) in [6, 6.07) is 5.04. The van der Waals surface area contributed by atoms with Crippen molar-refractivity contribution in [1.29, 1.82) is 5.26 Å². The van der Waals surface area contributed by atoms with Gasteiger partial charge in [0.1, 0.15) is 6.07 Å². The Bertz CT molecular complexity index is 440. The van der Waals surface area contributed by atoms with E-state index in [-0.39, 0.29) is 17.7 Å². The number of halogens is 2. The van der Waals surface area contributed by atoms with Crippen LogP contribution in [0.3, 0.4) is 0 Å². The Labute approximate surface area is 106 Å². The average molecular weight is 336 g/mol. The third-order valence-electron chi connectivity index (χ3n) is 1.69. The van der Waals surface area contributed by atoms with Crippen molar-refractivity contribution < 1.29 is 9.53 Å². The maximum Gasteiger partial charge on any atom is 0.340 e. The molecular weight excluding hydrogens is 328 g/mol. The molecule has 0 atom stereocenters. The van der Waals surface area contributed by atoms with E-state index in [4.69, 9.17) is 21.6 Å². The second-order valence-electron chi connectivity index (χ2n) is 2.62. The number of carbonyl (C=O) groups is 1. The van der Waals surface area contributed by atoms with Gasteiger partial charge in [-0.1, -0.05) is 11.6 Å². The molecule has 0 aliphatic heterocycles. The van der Waals surface area contributed by atoms with Crippen molar-refractivity contribution in [3.8, 4) is 6.07 Å². The van der Waals surface area contributed by atoms with Gasteiger partial charge < -0.3 is 4.74 Å². The minimum Gasteiger partial charge on any atom is -0.462 e. The second-order valence-corrected chi connectivity index (χ2v) is 4.10. The fourth-order valence-electron chi connectivity index (χ4n) is 1.05. The normalized spacial score (nSPS) is 9.47. The van der Waals surface area contributed by atoms with Crippen molar-refractivity contribution in [2.75, 3.05) is 6.61 Å². The van der Waals surface area contributed by atoms with Crippen molar-refractivity contribution in [2.24, 2.45) is 0 Å². The van der Waals surface area contributed by atoms with Crippen LogP contribution in [0.2, 0.25) is 5.02 Å². The highest BCUT2D eigenvalue weighted by atomic mass is 127. The smallest absolute Gasteiger partial charge is 0.340 e. The van der Waals surface area contributed by atoms with Gasteiger partial charge in [-0.2, -0.15) is 5.26 Å². The van der Waals surface area contributed by atoms with E-state index in [0.717, 1.165) is 0 Å². The van der Waals surface area contributed by atoms with Crippen molar-refractivity contribution in [2.45, 2.75) is 6.92 Å². The van der Waals surface area contributed by atoms with Crippen LogP contribution in [0.25, 0.3) is 0 Å². The zero-order valence-electron chi connectivity index (χ0n) is 7.88. The highest BCUT2D eigenvalue weighted by molar-refractivity contribution is 14.1. The Morgan fingerprint density at radius 1 is 1.67 bits per heavy atom. The number of esters is 1. The number of hydrogen-bond donors (Lipinski definition) is 0. The lowest BCUT2D eigenvalue weighted by atomic mass is 10.1. The fourth-order valence-corrected chi connectivity index (χ4v) is 1.89. The topological polar surface area (TPSA) is 50.1 Å². The molecule has 0 unspecified atom stereocenters. The Hall–Kier alpha value is -0.800. The first-order valence-electron chi connectivity index (χ1n) is 4.17. The third kappa shape index (κ3) is 2.61. The molecule has 78 valence electrons. The Kier molecular flexibility index (Phi) is 4.36. The number of nitriles is 1. The maximum atomic E-state index is 11.6. The summed E-state index contributed by atoms with van der Waals surface area (Å²) in [5.74, 6) is -0.513. The minimum absolute atomic E-state index is 0.243. The molecule has 0 aromatic heterocycles. The van der Waals surface area contributed by atoms with Gasteiger partial charge in [0.2, 0.25) is 0 Å². The van der Waals surface area contributed by atoms with E-state index in [1.807, 2.05) is 28.7 Å². The summed E-state index contributed by atoms with van der Waals surface area (Å²) in [5, 5.41) is 9.29. The van der Waals surface area contributed by atoms with Gasteiger partial charge in [0.25, 0.3) is 0 Å². The van der Waals surface area contributed by atoms with Crippen LogP contribution < -0.4 is 0 Å². The number of nitrogens with zero attached hydrogens (tertiary/aromatic N) is 1. The van der Waals surface area contributed by atoms with Crippen molar-refractivity contribution in [1.82, 2.24) is 0 Å². The minimum atomic E-state index is -0.513. The van der Waals surface area contributed by atoms with Crippen LogP contribution in [0, 0.1) is 14.9 Å². The van der Waals surface area contributed by atoms with Gasteiger partial charge in [-0.05, 0) is 41.6 Å². The van der Waals surface area contributed by atoms with Crippen LogP contribution in [0.1, 0.15) is 22.8 Å². The van der Waals surface area contributed by atoms with Gasteiger partial charge in [-0.15, -0.1) is 0 Å². The lowest BCUT2D eigenvalue weighted by Crippen LogP contribution is -2.09. The molecule has 3 nitrogen and oxygen atoms in total. The summed E-state index contributed by atoms with van der Waals surface area (Å²) < 4.78 is 5.40. The molecule has 0 aliphatic carbocycles.